The van der Waals surface area contributed by atoms with E-state index in [1.54, 1.807) is 25.1 Å². The monoisotopic (exact) mass is 398 g/mol. The van der Waals surface area contributed by atoms with Crippen molar-refractivity contribution < 1.29 is 14.0 Å². The van der Waals surface area contributed by atoms with Crippen LogP contribution in [0.3, 0.4) is 0 Å². The Morgan fingerprint density at radius 2 is 1.76 bits per heavy atom. The van der Waals surface area contributed by atoms with E-state index in [1.165, 1.54) is 11.0 Å². The Hall–Kier alpha value is -2.69. The smallest absolute Gasteiger partial charge is 0.242 e. The third-order valence-corrected chi connectivity index (χ3v) is 5.39. The number of amides is 2. The number of rotatable bonds is 8. The average molecular weight is 399 g/mol. The van der Waals surface area contributed by atoms with Crippen LogP contribution >= 0.6 is 0 Å². The van der Waals surface area contributed by atoms with Crippen molar-refractivity contribution in [2.75, 3.05) is 0 Å². The van der Waals surface area contributed by atoms with Crippen molar-refractivity contribution in [2.24, 2.45) is 0 Å². The Bertz CT molecular complexity index is 866. The van der Waals surface area contributed by atoms with E-state index in [0.717, 1.165) is 23.1 Å². The maximum atomic E-state index is 14.2. The molecule has 0 unspecified atom stereocenters. The van der Waals surface area contributed by atoms with Gasteiger partial charge < -0.3 is 10.2 Å². The predicted octanol–water partition coefficient (Wildman–Crippen LogP) is 4.32. The molecular weight excluding hydrogens is 367 g/mol. The van der Waals surface area contributed by atoms with E-state index < -0.39 is 6.04 Å². The minimum Gasteiger partial charge on any atom is -0.352 e. The van der Waals surface area contributed by atoms with Crippen molar-refractivity contribution in [3.63, 3.8) is 0 Å². The molecule has 2 atom stereocenters. The number of benzene rings is 2. The topological polar surface area (TPSA) is 49.4 Å². The summed E-state index contributed by atoms with van der Waals surface area (Å²) in [6.45, 7) is 9.66. The van der Waals surface area contributed by atoms with Gasteiger partial charge in [0, 0.05) is 18.2 Å². The van der Waals surface area contributed by atoms with Crippen LogP contribution in [0, 0.1) is 19.7 Å². The number of carbonyl (C=O) groups excluding carboxylic acids is 2. The van der Waals surface area contributed by atoms with Crippen LogP contribution in [0.15, 0.2) is 42.5 Å². The first-order valence-electron chi connectivity index (χ1n) is 10.1. The summed E-state index contributed by atoms with van der Waals surface area (Å²) < 4.78 is 14.2. The molecule has 1 N–H and O–H groups in total. The molecule has 2 amide bonds. The zero-order valence-electron chi connectivity index (χ0n) is 18.0. The van der Waals surface area contributed by atoms with Crippen LogP contribution in [0.1, 0.15) is 49.4 Å². The largest absolute Gasteiger partial charge is 0.352 e. The van der Waals surface area contributed by atoms with Crippen LogP contribution < -0.4 is 5.32 Å². The molecule has 0 bridgehead atoms. The third-order valence-electron chi connectivity index (χ3n) is 5.39. The van der Waals surface area contributed by atoms with E-state index >= 15 is 0 Å². The molecule has 0 saturated heterocycles. The zero-order chi connectivity index (χ0) is 21.6. The van der Waals surface area contributed by atoms with Crippen molar-refractivity contribution in [3.8, 4) is 0 Å². The number of halogens is 1. The van der Waals surface area contributed by atoms with Gasteiger partial charge in [-0.25, -0.2) is 4.39 Å². The fourth-order valence-corrected chi connectivity index (χ4v) is 3.05. The van der Waals surface area contributed by atoms with Crippen LogP contribution in [-0.2, 0) is 22.6 Å². The van der Waals surface area contributed by atoms with Gasteiger partial charge >= 0.3 is 0 Å². The minimum atomic E-state index is -0.706. The molecule has 0 radical (unpaired) electrons. The second-order valence-corrected chi connectivity index (χ2v) is 7.70. The van der Waals surface area contributed by atoms with Gasteiger partial charge in [0.1, 0.15) is 11.9 Å². The summed E-state index contributed by atoms with van der Waals surface area (Å²) in [5.41, 5.74) is 3.54. The molecule has 0 spiro atoms. The Kier molecular flexibility index (Phi) is 7.94. The standard InChI is InChI=1S/C24H31FN2O2/c1-6-18(4)26-24(29)19(5)27(15-21-9-7-8-10-22(21)25)23(28)14-20-12-11-16(2)17(3)13-20/h7-13,18-19H,6,14-15H2,1-5H3,(H,26,29)/t18-,19-/m0/s1. The number of aryl methyl sites for hydroxylation is 2. The van der Waals surface area contributed by atoms with Crippen LogP contribution in [-0.4, -0.2) is 28.8 Å². The highest BCUT2D eigenvalue weighted by atomic mass is 19.1. The van der Waals surface area contributed by atoms with E-state index in [9.17, 15) is 14.0 Å². The van der Waals surface area contributed by atoms with Crippen LogP contribution in [0.2, 0.25) is 0 Å². The number of nitrogens with one attached hydrogen (secondary N) is 1. The number of nitrogens with zero attached hydrogens (tertiary/aromatic N) is 1. The summed E-state index contributed by atoms with van der Waals surface area (Å²) in [6.07, 6.45) is 0.957. The molecule has 0 aliphatic carbocycles. The summed E-state index contributed by atoms with van der Waals surface area (Å²) in [6, 6.07) is 11.5. The van der Waals surface area contributed by atoms with Gasteiger partial charge in [-0.2, -0.15) is 0 Å². The second-order valence-electron chi connectivity index (χ2n) is 7.70. The minimum absolute atomic E-state index is 0.00936. The molecule has 2 aromatic rings. The molecule has 2 aromatic carbocycles. The lowest BCUT2D eigenvalue weighted by molar-refractivity contribution is -0.140. The molecule has 0 aliphatic rings. The van der Waals surface area contributed by atoms with E-state index in [2.05, 4.69) is 5.32 Å². The van der Waals surface area contributed by atoms with Gasteiger partial charge in [0.15, 0.2) is 0 Å². The number of carbonyl (C=O) groups is 2. The Balaban J connectivity index is 2.27. The lowest BCUT2D eigenvalue weighted by Gasteiger charge is -2.30. The first-order valence-corrected chi connectivity index (χ1v) is 10.1. The van der Waals surface area contributed by atoms with Gasteiger partial charge in [-0.15, -0.1) is 0 Å². The van der Waals surface area contributed by atoms with Crippen molar-refractivity contribution in [1.29, 1.82) is 0 Å². The molecule has 0 heterocycles. The lowest BCUT2D eigenvalue weighted by atomic mass is 10.0. The van der Waals surface area contributed by atoms with Gasteiger partial charge in [0.2, 0.25) is 11.8 Å². The molecular formula is C24H31FN2O2. The normalized spacial score (nSPS) is 12.9. The highest BCUT2D eigenvalue weighted by Crippen LogP contribution is 2.16. The fourth-order valence-electron chi connectivity index (χ4n) is 3.05. The van der Waals surface area contributed by atoms with Gasteiger partial charge in [-0.05, 0) is 56.9 Å². The fraction of sp³-hybridized carbons (Fsp3) is 0.417. The molecule has 4 nitrogen and oxygen atoms in total. The van der Waals surface area contributed by atoms with E-state index in [0.29, 0.717) is 5.56 Å². The Morgan fingerprint density at radius 3 is 2.38 bits per heavy atom. The first kappa shape index (κ1) is 22.6. The molecule has 2 rings (SSSR count). The highest BCUT2D eigenvalue weighted by molar-refractivity contribution is 5.88. The summed E-state index contributed by atoms with van der Waals surface area (Å²) in [5.74, 6) is -0.821. The van der Waals surface area contributed by atoms with Gasteiger partial charge in [-0.1, -0.05) is 43.3 Å². The van der Waals surface area contributed by atoms with E-state index in [4.69, 9.17) is 0 Å². The van der Waals surface area contributed by atoms with Crippen LogP contribution in [0.5, 0.6) is 0 Å². The Morgan fingerprint density at radius 1 is 1.07 bits per heavy atom. The molecule has 0 saturated carbocycles. The quantitative estimate of drug-likeness (QED) is 0.720. The van der Waals surface area contributed by atoms with Crippen LogP contribution in [0.4, 0.5) is 4.39 Å². The lowest BCUT2D eigenvalue weighted by Crippen LogP contribution is -2.50. The predicted molar refractivity (Wildman–Crippen MR) is 114 cm³/mol. The maximum Gasteiger partial charge on any atom is 0.242 e. The Labute approximate surface area is 173 Å². The van der Waals surface area contributed by atoms with Crippen molar-refractivity contribution >= 4 is 11.8 Å². The molecule has 156 valence electrons. The first-order chi connectivity index (χ1) is 13.7. The van der Waals surface area contributed by atoms with Crippen LogP contribution in [0.25, 0.3) is 0 Å². The third kappa shape index (κ3) is 6.14. The van der Waals surface area contributed by atoms with Gasteiger partial charge in [0.05, 0.1) is 6.42 Å². The van der Waals surface area contributed by atoms with Gasteiger partial charge in [0.25, 0.3) is 0 Å². The van der Waals surface area contributed by atoms with Crippen molar-refractivity contribution in [3.05, 3.63) is 70.5 Å². The molecule has 0 aliphatic heterocycles. The highest BCUT2D eigenvalue weighted by Gasteiger charge is 2.27. The molecule has 0 aromatic heterocycles. The summed E-state index contributed by atoms with van der Waals surface area (Å²) in [7, 11) is 0. The molecule has 5 heteroatoms. The van der Waals surface area contributed by atoms with E-state index in [-0.39, 0.29) is 36.6 Å². The summed E-state index contributed by atoms with van der Waals surface area (Å²) in [5, 5.41) is 2.92. The second kappa shape index (κ2) is 10.2. The average Bonchev–Trinajstić information content (AvgIpc) is 2.69. The number of hydrogen-bond donors (Lipinski definition) is 1. The summed E-state index contributed by atoms with van der Waals surface area (Å²) in [4.78, 5) is 27.3. The van der Waals surface area contributed by atoms with Crippen molar-refractivity contribution in [2.45, 2.75) is 66.1 Å². The number of hydrogen-bond acceptors (Lipinski definition) is 2. The molecule has 0 fully saturated rings. The van der Waals surface area contributed by atoms with Crippen molar-refractivity contribution in [1.82, 2.24) is 10.2 Å². The summed E-state index contributed by atoms with van der Waals surface area (Å²) >= 11 is 0. The molecule has 29 heavy (non-hydrogen) atoms. The van der Waals surface area contributed by atoms with E-state index in [1.807, 2.05) is 45.9 Å². The maximum absolute atomic E-state index is 14.2. The SMILES string of the molecule is CC[C@H](C)NC(=O)[C@H](C)N(Cc1ccccc1F)C(=O)Cc1ccc(C)c(C)c1. The zero-order valence-corrected chi connectivity index (χ0v) is 18.0. The van der Waals surface area contributed by atoms with Gasteiger partial charge in [-0.3, -0.25) is 9.59 Å².